The molecule has 146 valence electrons. The number of amides is 2. The van der Waals surface area contributed by atoms with E-state index in [1.165, 1.54) is 0 Å². The van der Waals surface area contributed by atoms with Crippen molar-refractivity contribution in [3.63, 3.8) is 0 Å². The second-order valence-electron chi connectivity index (χ2n) is 7.29. The van der Waals surface area contributed by atoms with Crippen LogP contribution >= 0.6 is 0 Å². The number of fused-ring (bicyclic) bond motifs is 2. The molecule has 2 N–H and O–H groups in total. The van der Waals surface area contributed by atoms with Crippen molar-refractivity contribution in [3.8, 4) is 0 Å². The van der Waals surface area contributed by atoms with Crippen LogP contribution in [0.25, 0.3) is 21.9 Å². The zero-order valence-electron chi connectivity index (χ0n) is 15.9. The van der Waals surface area contributed by atoms with Crippen LogP contribution < -0.4 is 10.2 Å². The van der Waals surface area contributed by atoms with Gasteiger partial charge in [0, 0.05) is 25.4 Å². The summed E-state index contributed by atoms with van der Waals surface area (Å²) in [5, 5.41) is 11.0. The molecule has 0 spiro atoms. The Hall–Kier alpha value is -3.68. The third-order valence-electron chi connectivity index (χ3n) is 5.50. The molecule has 8 heteroatoms. The molecule has 1 fully saturated rings. The summed E-state index contributed by atoms with van der Waals surface area (Å²) in [6.45, 7) is 0.641. The predicted molar refractivity (Wildman–Crippen MR) is 109 cm³/mol. The molecule has 3 heterocycles. The van der Waals surface area contributed by atoms with Gasteiger partial charge in [-0.3, -0.25) is 19.6 Å². The molecule has 0 saturated carbocycles. The SMILES string of the molecule is Cn1c(CNC(=O)[C@@H]2CC(=O)N(c3n[nH]c4ccccc34)C2)nc2ccccc21. The Morgan fingerprint density at radius 2 is 2.00 bits per heavy atom. The topological polar surface area (TPSA) is 95.9 Å². The number of H-pyrrole nitrogens is 1. The Kier molecular flexibility index (Phi) is 4.04. The first kappa shape index (κ1) is 17.4. The second-order valence-corrected chi connectivity index (χ2v) is 7.29. The number of nitrogens with zero attached hydrogens (tertiary/aromatic N) is 4. The van der Waals surface area contributed by atoms with E-state index < -0.39 is 5.92 Å². The molecule has 1 saturated heterocycles. The van der Waals surface area contributed by atoms with Gasteiger partial charge in [0.2, 0.25) is 11.8 Å². The third kappa shape index (κ3) is 2.93. The van der Waals surface area contributed by atoms with Crippen LogP contribution in [0.3, 0.4) is 0 Å². The fourth-order valence-electron chi connectivity index (χ4n) is 3.91. The number of imidazole rings is 1. The average molecular weight is 388 g/mol. The Morgan fingerprint density at radius 1 is 1.21 bits per heavy atom. The van der Waals surface area contributed by atoms with Gasteiger partial charge in [-0.2, -0.15) is 5.10 Å². The number of aryl methyl sites for hydroxylation is 1. The Balaban J connectivity index is 1.29. The van der Waals surface area contributed by atoms with Gasteiger partial charge >= 0.3 is 0 Å². The Bertz CT molecular complexity index is 1240. The first-order valence-corrected chi connectivity index (χ1v) is 9.53. The average Bonchev–Trinajstić information content (AvgIpc) is 3.42. The first-order chi connectivity index (χ1) is 14.1. The third-order valence-corrected chi connectivity index (χ3v) is 5.50. The summed E-state index contributed by atoms with van der Waals surface area (Å²) in [7, 11) is 1.93. The van der Waals surface area contributed by atoms with E-state index in [9.17, 15) is 9.59 Å². The number of hydrogen-bond donors (Lipinski definition) is 2. The number of para-hydroxylation sites is 3. The number of carbonyl (C=O) groups excluding carboxylic acids is 2. The van der Waals surface area contributed by atoms with Crippen LogP contribution in [0.15, 0.2) is 48.5 Å². The van der Waals surface area contributed by atoms with E-state index in [1.54, 1.807) is 4.90 Å². The maximum atomic E-state index is 12.7. The number of aromatic nitrogens is 4. The van der Waals surface area contributed by atoms with Crippen molar-refractivity contribution in [3.05, 3.63) is 54.4 Å². The van der Waals surface area contributed by atoms with Crippen molar-refractivity contribution in [2.75, 3.05) is 11.4 Å². The quantitative estimate of drug-likeness (QED) is 0.560. The Labute approximate surface area is 166 Å². The lowest BCUT2D eigenvalue weighted by atomic mass is 10.1. The van der Waals surface area contributed by atoms with Crippen molar-refractivity contribution < 1.29 is 9.59 Å². The zero-order valence-corrected chi connectivity index (χ0v) is 15.9. The molecular weight excluding hydrogens is 368 g/mol. The molecule has 5 rings (SSSR count). The van der Waals surface area contributed by atoms with Gasteiger partial charge in [0.25, 0.3) is 0 Å². The van der Waals surface area contributed by atoms with Crippen molar-refractivity contribution in [1.29, 1.82) is 0 Å². The van der Waals surface area contributed by atoms with Gasteiger partial charge in [-0.15, -0.1) is 0 Å². The zero-order chi connectivity index (χ0) is 20.0. The van der Waals surface area contributed by atoms with E-state index in [2.05, 4.69) is 20.5 Å². The standard InChI is InChI=1S/C21H20N6O2/c1-26-17-9-5-4-8-16(17)23-18(26)11-22-21(29)13-10-19(28)27(12-13)20-14-6-2-3-7-15(14)24-25-20/h2-9,13H,10-12H2,1H3,(H,22,29)(H,24,25)/t13-/m1/s1. The number of anilines is 1. The normalized spacial score (nSPS) is 16.8. The molecule has 2 aromatic carbocycles. The highest BCUT2D eigenvalue weighted by Gasteiger charge is 2.36. The van der Waals surface area contributed by atoms with Gasteiger partial charge in [0.1, 0.15) is 5.82 Å². The number of carbonyl (C=O) groups is 2. The first-order valence-electron chi connectivity index (χ1n) is 9.53. The minimum atomic E-state index is -0.410. The van der Waals surface area contributed by atoms with Crippen molar-refractivity contribution >= 4 is 39.6 Å². The monoisotopic (exact) mass is 388 g/mol. The largest absolute Gasteiger partial charge is 0.349 e. The molecule has 1 aliphatic rings. The molecular formula is C21H20N6O2. The minimum absolute atomic E-state index is 0.0925. The van der Waals surface area contributed by atoms with Crippen LogP contribution in [0.5, 0.6) is 0 Å². The number of benzene rings is 2. The number of aromatic amines is 1. The summed E-state index contributed by atoms with van der Waals surface area (Å²) in [6.07, 6.45) is 0.176. The second kappa shape index (κ2) is 6.73. The summed E-state index contributed by atoms with van der Waals surface area (Å²) >= 11 is 0. The van der Waals surface area contributed by atoms with E-state index in [1.807, 2.05) is 60.1 Å². The smallest absolute Gasteiger partial charge is 0.229 e. The van der Waals surface area contributed by atoms with Crippen LogP contribution in [0.2, 0.25) is 0 Å². The lowest BCUT2D eigenvalue weighted by Crippen LogP contribution is -2.33. The van der Waals surface area contributed by atoms with Crippen molar-refractivity contribution in [1.82, 2.24) is 25.1 Å². The molecule has 2 amide bonds. The lowest BCUT2D eigenvalue weighted by Gasteiger charge is -2.14. The highest BCUT2D eigenvalue weighted by Crippen LogP contribution is 2.29. The summed E-state index contributed by atoms with van der Waals surface area (Å²) in [4.78, 5) is 31.4. The maximum Gasteiger partial charge on any atom is 0.229 e. The fourth-order valence-corrected chi connectivity index (χ4v) is 3.91. The van der Waals surface area contributed by atoms with Crippen LogP contribution in [0.1, 0.15) is 12.2 Å². The van der Waals surface area contributed by atoms with Gasteiger partial charge in [-0.05, 0) is 24.3 Å². The van der Waals surface area contributed by atoms with Crippen LogP contribution in [0.4, 0.5) is 5.82 Å². The van der Waals surface area contributed by atoms with E-state index in [-0.39, 0.29) is 18.2 Å². The summed E-state index contributed by atoms with van der Waals surface area (Å²) in [5.41, 5.74) is 2.78. The highest BCUT2D eigenvalue weighted by atomic mass is 16.2. The maximum absolute atomic E-state index is 12.7. The predicted octanol–water partition coefficient (Wildman–Crippen LogP) is 2.12. The molecule has 8 nitrogen and oxygen atoms in total. The molecule has 0 unspecified atom stereocenters. The molecule has 4 aromatic rings. The van der Waals surface area contributed by atoms with Gasteiger partial charge in [0.15, 0.2) is 5.82 Å². The van der Waals surface area contributed by atoms with Gasteiger partial charge in [0.05, 0.1) is 29.0 Å². The van der Waals surface area contributed by atoms with Gasteiger partial charge in [-0.1, -0.05) is 24.3 Å². The molecule has 29 heavy (non-hydrogen) atoms. The number of rotatable bonds is 4. The van der Waals surface area contributed by atoms with E-state index in [0.29, 0.717) is 18.9 Å². The van der Waals surface area contributed by atoms with E-state index in [4.69, 9.17) is 0 Å². The number of hydrogen-bond acceptors (Lipinski definition) is 4. The highest BCUT2D eigenvalue weighted by molar-refractivity contribution is 6.05. The molecule has 0 aliphatic carbocycles. The van der Waals surface area contributed by atoms with Crippen molar-refractivity contribution in [2.24, 2.45) is 13.0 Å². The summed E-state index contributed by atoms with van der Waals surface area (Å²) in [5.74, 6) is 0.709. The molecule has 1 aliphatic heterocycles. The van der Waals surface area contributed by atoms with Gasteiger partial charge < -0.3 is 9.88 Å². The van der Waals surface area contributed by atoms with Crippen LogP contribution in [-0.4, -0.2) is 38.1 Å². The summed E-state index contributed by atoms with van der Waals surface area (Å²) in [6, 6.07) is 15.5. The fraction of sp³-hybridized carbons (Fsp3) is 0.238. The Morgan fingerprint density at radius 3 is 2.86 bits per heavy atom. The van der Waals surface area contributed by atoms with Gasteiger partial charge in [-0.25, -0.2) is 4.98 Å². The van der Waals surface area contributed by atoms with Crippen molar-refractivity contribution in [2.45, 2.75) is 13.0 Å². The number of nitrogens with one attached hydrogen (secondary N) is 2. The molecule has 0 radical (unpaired) electrons. The van der Waals surface area contributed by atoms with E-state index in [0.717, 1.165) is 27.8 Å². The summed E-state index contributed by atoms with van der Waals surface area (Å²) < 4.78 is 1.97. The lowest BCUT2D eigenvalue weighted by molar-refractivity contribution is -0.126. The van der Waals surface area contributed by atoms with Crippen LogP contribution in [0, 0.1) is 5.92 Å². The molecule has 0 bridgehead atoms. The minimum Gasteiger partial charge on any atom is -0.349 e. The van der Waals surface area contributed by atoms with E-state index >= 15 is 0 Å². The molecule has 1 atom stereocenters. The van der Waals surface area contributed by atoms with Crippen LogP contribution in [-0.2, 0) is 23.2 Å². The molecule has 2 aromatic heterocycles.